The molecule has 14 nitrogen and oxygen atoms in total. The van der Waals surface area contributed by atoms with Gasteiger partial charge in [-0.2, -0.15) is 0 Å². The van der Waals surface area contributed by atoms with Gasteiger partial charge in [0.25, 0.3) is 0 Å². The number of nitrogens with zero attached hydrogens (tertiary/aromatic N) is 1. The predicted molar refractivity (Wildman–Crippen MR) is 134 cm³/mol. The molecule has 0 fully saturated rings. The first-order valence-electron chi connectivity index (χ1n) is 11.9. The summed E-state index contributed by atoms with van der Waals surface area (Å²) in [6.45, 7) is 7.37. The van der Waals surface area contributed by atoms with Crippen molar-refractivity contribution >= 4 is 35.6 Å². The molecule has 0 aliphatic carbocycles. The lowest BCUT2D eigenvalue weighted by molar-refractivity contribution is -0.144. The minimum atomic E-state index is -1.43. The molecule has 0 aromatic heterocycles. The molecule has 36 heavy (non-hydrogen) atoms. The molecule has 14 heteroatoms. The van der Waals surface area contributed by atoms with Gasteiger partial charge in [0.1, 0.15) is 18.1 Å². The second-order valence-corrected chi connectivity index (χ2v) is 9.19. The summed E-state index contributed by atoms with van der Waals surface area (Å²) in [5.74, 6) is -4.82. The third-order valence-electron chi connectivity index (χ3n) is 5.46. The largest absolute Gasteiger partial charge is 0.480 e. The average Bonchev–Trinajstić information content (AvgIpc) is 2.77. The van der Waals surface area contributed by atoms with E-state index in [1.54, 1.807) is 13.8 Å². The van der Waals surface area contributed by atoms with Crippen LogP contribution in [0.1, 0.15) is 59.8 Å². The Balaban J connectivity index is 5.46. The second kappa shape index (κ2) is 16.3. The minimum Gasteiger partial charge on any atom is -0.480 e. The van der Waals surface area contributed by atoms with Crippen molar-refractivity contribution in [3.05, 3.63) is 0 Å². The molecule has 12 N–H and O–H groups in total. The van der Waals surface area contributed by atoms with Crippen LogP contribution < -0.4 is 38.9 Å². The summed E-state index contributed by atoms with van der Waals surface area (Å²) in [7, 11) is 0. The molecule has 0 bridgehead atoms. The van der Waals surface area contributed by atoms with Crippen LogP contribution >= 0.6 is 0 Å². The molecule has 0 aromatic rings. The van der Waals surface area contributed by atoms with Crippen LogP contribution in [0.3, 0.4) is 0 Å². The summed E-state index contributed by atoms with van der Waals surface area (Å²) in [6, 6.07) is -4.65. The highest BCUT2D eigenvalue weighted by molar-refractivity contribution is 5.96. The smallest absolute Gasteiger partial charge is 0.326 e. The number of carbonyl (C=O) groups excluding carboxylic acids is 4. The normalized spacial score (nSPS) is 15.1. The van der Waals surface area contributed by atoms with Gasteiger partial charge in [0.2, 0.25) is 23.6 Å². The fourth-order valence-corrected chi connectivity index (χ4v) is 3.25. The molecule has 4 amide bonds. The molecule has 0 aromatic carbocycles. The zero-order valence-electron chi connectivity index (χ0n) is 21.5. The van der Waals surface area contributed by atoms with Crippen molar-refractivity contribution in [2.75, 3.05) is 6.54 Å². The molecule has 0 spiro atoms. The standard InChI is InChI=1S/C22H42N8O6/c1-5-12(4)17(21(35)36)30-20(34)15(10-16(24)31)29-19(33)14(9-11(2)3)28-18(32)13(23)7-6-8-27-22(25)26/h11-15,17H,5-10,23H2,1-4H3,(H2,24,31)(H,28,32)(H,29,33)(H,30,34)(H,35,36)(H4,25,26,27). The highest BCUT2D eigenvalue weighted by Gasteiger charge is 2.32. The number of aliphatic imine (C=N–C) groups is 1. The first kappa shape index (κ1) is 32.6. The van der Waals surface area contributed by atoms with E-state index in [-0.39, 0.29) is 31.3 Å². The van der Waals surface area contributed by atoms with Gasteiger partial charge in [-0.1, -0.05) is 34.1 Å². The average molecular weight is 515 g/mol. The number of guanidine groups is 1. The minimum absolute atomic E-state index is 0.0237. The molecule has 0 saturated heterocycles. The Morgan fingerprint density at radius 1 is 0.889 bits per heavy atom. The number of rotatable bonds is 17. The Morgan fingerprint density at radius 2 is 1.44 bits per heavy atom. The van der Waals surface area contributed by atoms with Crippen LogP contribution in [0.5, 0.6) is 0 Å². The third kappa shape index (κ3) is 12.9. The van der Waals surface area contributed by atoms with Crippen molar-refractivity contribution < 1.29 is 29.1 Å². The van der Waals surface area contributed by atoms with Crippen LogP contribution in [-0.4, -0.2) is 71.4 Å². The van der Waals surface area contributed by atoms with E-state index in [0.29, 0.717) is 12.8 Å². The molecule has 0 aliphatic heterocycles. The zero-order chi connectivity index (χ0) is 28.0. The van der Waals surface area contributed by atoms with E-state index in [1.165, 1.54) is 0 Å². The van der Waals surface area contributed by atoms with Gasteiger partial charge in [-0.25, -0.2) is 4.79 Å². The predicted octanol–water partition coefficient (Wildman–Crippen LogP) is -2.13. The summed E-state index contributed by atoms with van der Waals surface area (Å²) < 4.78 is 0. The molecular formula is C22H42N8O6. The zero-order valence-corrected chi connectivity index (χ0v) is 21.5. The number of hydrogen-bond acceptors (Lipinski definition) is 7. The number of nitrogens with two attached hydrogens (primary N) is 4. The van der Waals surface area contributed by atoms with Crippen molar-refractivity contribution in [1.82, 2.24) is 16.0 Å². The summed E-state index contributed by atoms with van der Waals surface area (Å²) in [4.78, 5) is 65.3. The van der Waals surface area contributed by atoms with Crippen molar-refractivity contribution in [3.63, 3.8) is 0 Å². The number of aliphatic carboxylic acids is 1. The molecule has 0 radical (unpaired) electrons. The fraction of sp³-hybridized carbons (Fsp3) is 0.727. The fourth-order valence-electron chi connectivity index (χ4n) is 3.25. The van der Waals surface area contributed by atoms with E-state index in [1.807, 2.05) is 13.8 Å². The highest BCUT2D eigenvalue weighted by atomic mass is 16.4. The first-order chi connectivity index (χ1) is 16.7. The van der Waals surface area contributed by atoms with Gasteiger partial charge in [0, 0.05) is 6.54 Å². The lowest BCUT2D eigenvalue weighted by Gasteiger charge is -2.26. The molecule has 0 aliphatic rings. The number of hydrogen-bond donors (Lipinski definition) is 8. The van der Waals surface area contributed by atoms with Crippen molar-refractivity contribution in [1.29, 1.82) is 0 Å². The van der Waals surface area contributed by atoms with E-state index in [9.17, 15) is 29.1 Å². The van der Waals surface area contributed by atoms with Crippen molar-refractivity contribution in [2.24, 2.45) is 39.8 Å². The summed E-state index contributed by atoms with van der Waals surface area (Å²) >= 11 is 0. The first-order valence-corrected chi connectivity index (χ1v) is 11.9. The van der Waals surface area contributed by atoms with Crippen molar-refractivity contribution in [3.8, 4) is 0 Å². The quantitative estimate of drug-likeness (QED) is 0.0598. The van der Waals surface area contributed by atoms with E-state index in [2.05, 4.69) is 20.9 Å². The second-order valence-electron chi connectivity index (χ2n) is 9.19. The number of primary amides is 1. The van der Waals surface area contributed by atoms with E-state index in [4.69, 9.17) is 22.9 Å². The molecule has 0 heterocycles. The highest BCUT2D eigenvalue weighted by Crippen LogP contribution is 2.10. The van der Waals surface area contributed by atoms with E-state index < -0.39 is 66.1 Å². The van der Waals surface area contributed by atoms with Gasteiger partial charge in [-0.05, 0) is 31.1 Å². The third-order valence-corrected chi connectivity index (χ3v) is 5.46. The molecule has 5 atom stereocenters. The van der Waals surface area contributed by atoms with Gasteiger partial charge in [0.05, 0.1) is 12.5 Å². The SMILES string of the molecule is CCC(C)C(NC(=O)C(CC(N)=O)NC(=O)C(CC(C)C)NC(=O)C(N)CCCN=C(N)N)C(=O)O. The van der Waals surface area contributed by atoms with Crippen LogP contribution in [0.2, 0.25) is 0 Å². The monoisotopic (exact) mass is 514 g/mol. The number of amides is 4. The summed E-state index contributed by atoms with van der Waals surface area (Å²) in [5.41, 5.74) is 21.7. The van der Waals surface area contributed by atoms with Gasteiger partial charge >= 0.3 is 5.97 Å². The lowest BCUT2D eigenvalue weighted by atomic mass is 9.98. The Morgan fingerprint density at radius 3 is 1.92 bits per heavy atom. The van der Waals surface area contributed by atoms with Crippen LogP contribution in [0.15, 0.2) is 4.99 Å². The lowest BCUT2D eigenvalue weighted by Crippen LogP contribution is -2.58. The maximum absolute atomic E-state index is 13.0. The molecule has 206 valence electrons. The topological polar surface area (TPSA) is 258 Å². The molecular weight excluding hydrogens is 472 g/mol. The molecule has 0 rings (SSSR count). The van der Waals surface area contributed by atoms with Crippen molar-refractivity contribution in [2.45, 2.75) is 84.0 Å². The van der Waals surface area contributed by atoms with E-state index in [0.717, 1.165) is 0 Å². The van der Waals surface area contributed by atoms with Crippen LogP contribution in [0, 0.1) is 11.8 Å². The van der Waals surface area contributed by atoms with Gasteiger partial charge in [-0.3, -0.25) is 24.2 Å². The Bertz CT molecular complexity index is 799. The van der Waals surface area contributed by atoms with Crippen LogP contribution in [0.4, 0.5) is 0 Å². The summed E-state index contributed by atoms with van der Waals surface area (Å²) in [5, 5.41) is 16.8. The molecule has 0 saturated carbocycles. The van der Waals surface area contributed by atoms with Gasteiger partial charge in [0.15, 0.2) is 5.96 Å². The van der Waals surface area contributed by atoms with Crippen LogP contribution in [-0.2, 0) is 24.0 Å². The Kier molecular flexibility index (Phi) is 14.7. The number of carbonyl (C=O) groups is 5. The number of nitrogens with one attached hydrogen (secondary N) is 3. The maximum Gasteiger partial charge on any atom is 0.326 e. The Hall–Kier alpha value is -3.42. The Labute approximate surface area is 211 Å². The van der Waals surface area contributed by atoms with E-state index >= 15 is 0 Å². The van der Waals surface area contributed by atoms with Gasteiger partial charge < -0.3 is 44.0 Å². The molecule has 5 unspecified atom stereocenters. The van der Waals surface area contributed by atoms with Gasteiger partial charge in [-0.15, -0.1) is 0 Å². The maximum atomic E-state index is 13.0. The van der Waals surface area contributed by atoms with Crippen LogP contribution in [0.25, 0.3) is 0 Å². The summed E-state index contributed by atoms with van der Waals surface area (Å²) in [6.07, 6.45) is 0.830. The number of carboxylic acid groups (broad SMARTS) is 1. The number of carboxylic acids is 1.